The molecule has 0 amide bonds. The van der Waals surface area contributed by atoms with Gasteiger partial charge in [-0.05, 0) is 55.9 Å². The van der Waals surface area contributed by atoms with E-state index in [1.54, 1.807) is 14.2 Å². The Kier molecular flexibility index (Phi) is 6.63. The highest BCUT2D eigenvalue weighted by Crippen LogP contribution is 2.48. The zero-order chi connectivity index (χ0) is 23.6. The number of methoxy groups -OCH3 is 2. The summed E-state index contributed by atoms with van der Waals surface area (Å²) in [5, 5.41) is 0. The number of benzene rings is 2. The molecule has 0 N–H and O–H groups in total. The fraction of sp³-hybridized carbons (Fsp3) is 0.481. The molecule has 1 saturated carbocycles. The second-order valence-electron chi connectivity index (χ2n) is 9.02. The second-order valence-corrected chi connectivity index (χ2v) is 9.02. The molecule has 2 aromatic rings. The Balaban J connectivity index is 1.68. The first kappa shape index (κ1) is 23.1. The Morgan fingerprint density at radius 3 is 2.42 bits per heavy atom. The molecule has 2 aliphatic rings. The van der Waals surface area contributed by atoms with Gasteiger partial charge in [-0.15, -0.1) is 0 Å². The minimum absolute atomic E-state index is 0.119. The van der Waals surface area contributed by atoms with Gasteiger partial charge in [-0.25, -0.2) is 0 Å². The van der Waals surface area contributed by atoms with Gasteiger partial charge in [0.15, 0.2) is 17.3 Å². The fourth-order valence-electron chi connectivity index (χ4n) is 4.50. The highest BCUT2D eigenvalue weighted by Gasteiger charge is 2.47. The molecule has 0 aliphatic heterocycles. The van der Waals surface area contributed by atoms with Crippen LogP contribution in [-0.2, 0) is 16.0 Å². The Bertz CT molecular complexity index is 1050. The van der Waals surface area contributed by atoms with Gasteiger partial charge in [0, 0.05) is 17.5 Å². The lowest BCUT2D eigenvalue weighted by Gasteiger charge is -2.39. The Morgan fingerprint density at radius 2 is 1.79 bits per heavy atom. The number of fused-ring (bicyclic) bond motifs is 1. The first-order valence-electron chi connectivity index (χ1n) is 11.7. The first-order valence-corrected chi connectivity index (χ1v) is 11.7. The summed E-state index contributed by atoms with van der Waals surface area (Å²) < 4.78 is 23.2. The lowest BCUT2D eigenvalue weighted by Crippen LogP contribution is -2.45. The zero-order valence-corrected chi connectivity index (χ0v) is 19.9. The number of ether oxygens (including phenoxy) is 4. The van der Waals surface area contributed by atoms with Crippen molar-refractivity contribution in [3.63, 3.8) is 0 Å². The van der Waals surface area contributed by atoms with E-state index in [9.17, 15) is 9.59 Å². The minimum Gasteiger partial charge on any atom is -0.493 e. The van der Waals surface area contributed by atoms with Crippen molar-refractivity contribution >= 4 is 11.8 Å². The van der Waals surface area contributed by atoms with Crippen molar-refractivity contribution in [3.05, 3.63) is 41.5 Å². The molecule has 2 aliphatic carbocycles. The van der Waals surface area contributed by atoms with Crippen LogP contribution in [0, 0.1) is 5.41 Å². The van der Waals surface area contributed by atoms with Gasteiger partial charge in [-0.2, -0.15) is 0 Å². The summed E-state index contributed by atoms with van der Waals surface area (Å²) in [7, 11) is 3.16. The summed E-state index contributed by atoms with van der Waals surface area (Å²) in [6.45, 7) is 4.12. The van der Waals surface area contributed by atoms with E-state index >= 15 is 0 Å². The lowest BCUT2D eigenvalue weighted by molar-refractivity contribution is -0.169. The molecule has 0 radical (unpaired) electrons. The molecule has 1 atom stereocenters. The summed E-state index contributed by atoms with van der Waals surface area (Å²) in [5.41, 5.74) is 2.97. The van der Waals surface area contributed by atoms with Gasteiger partial charge in [0.2, 0.25) is 5.75 Å². The summed E-state index contributed by atoms with van der Waals surface area (Å²) in [6, 6.07) is 9.64. The Hall–Kier alpha value is -3.02. The number of hydrogen-bond acceptors (Lipinski definition) is 6. The van der Waals surface area contributed by atoms with Crippen molar-refractivity contribution in [2.75, 3.05) is 20.8 Å². The molecule has 6 heteroatoms. The molecule has 0 aromatic heterocycles. The van der Waals surface area contributed by atoms with Crippen LogP contribution in [0.2, 0.25) is 0 Å². The zero-order valence-electron chi connectivity index (χ0n) is 19.9. The van der Waals surface area contributed by atoms with Gasteiger partial charge in [0.05, 0.1) is 20.3 Å². The summed E-state index contributed by atoms with van der Waals surface area (Å²) in [5.74, 6) is 1.56. The maximum absolute atomic E-state index is 12.9. The van der Waals surface area contributed by atoms with Crippen LogP contribution in [0.4, 0.5) is 0 Å². The van der Waals surface area contributed by atoms with Crippen LogP contribution >= 0.6 is 0 Å². The van der Waals surface area contributed by atoms with Gasteiger partial charge in [-0.3, -0.25) is 9.59 Å². The molecule has 2 aromatic carbocycles. The number of aryl methyl sites for hydroxylation is 1. The highest BCUT2D eigenvalue weighted by atomic mass is 16.6. The van der Waals surface area contributed by atoms with Gasteiger partial charge >= 0.3 is 5.97 Å². The van der Waals surface area contributed by atoms with E-state index in [1.807, 2.05) is 44.2 Å². The molecule has 1 fully saturated rings. The third kappa shape index (κ3) is 4.31. The van der Waals surface area contributed by atoms with Gasteiger partial charge in [-0.1, -0.05) is 31.5 Å². The van der Waals surface area contributed by atoms with Crippen molar-refractivity contribution in [2.45, 2.75) is 58.5 Å². The molecule has 0 heterocycles. The van der Waals surface area contributed by atoms with Crippen LogP contribution in [0.1, 0.15) is 61.9 Å². The van der Waals surface area contributed by atoms with Crippen LogP contribution in [-0.4, -0.2) is 38.7 Å². The fourth-order valence-corrected chi connectivity index (χ4v) is 4.50. The van der Waals surface area contributed by atoms with E-state index in [4.69, 9.17) is 18.9 Å². The molecule has 0 unspecified atom stereocenters. The van der Waals surface area contributed by atoms with E-state index in [2.05, 4.69) is 0 Å². The van der Waals surface area contributed by atoms with Crippen molar-refractivity contribution in [3.8, 4) is 28.4 Å². The number of rotatable bonds is 9. The first-order chi connectivity index (χ1) is 15.9. The number of esters is 1. The molecule has 6 nitrogen and oxygen atoms in total. The number of Topliss-reactive ketones (excluding diaryl/α,β-unsaturated/α-hetero) is 1. The van der Waals surface area contributed by atoms with Crippen molar-refractivity contribution < 1.29 is 28.5 Å². The maximum atomic E-state index is 12.9. The van der Waals surface area contributed by atoms with Crippen LogP contribution in [0.15, 0.2) is 30.3 Å². The van der Waals surface area contributed by atoms with Crippen LogP contribution in [0.25, 0.3) is 11.1 Å². The normalized spacial score (nSPS) is 17.0. The van der Waals surface area contributed by atoms with Crippen LogP contribution in [0.5, 0.6) is 17.2 Å². The molecule has 176 valence electrons. The molecule has 33 heavy (non-hydrogen) atoms. The van der Waals surface area contributed by atoms with Crippen molar-refractivity contribution in [2.24, 2.45) is 5.41 Å². The Morgan fingerprint density at radius 1 is 1.03 bits per heavy atom. The molecule has 0 spiro atoms. The number of carbonyl (C=O) groups excluding carboxylic acids is 2. The van der Waals surface area contributed by atoms with E-state index in [-0.39, 0.29) is 24.5 Å². The maximum Gasteiger partial charge on any atom is 0.315 e. The van der Waals surface area contributed by atoms with Crippen LogP contribution < -0.4 is 14.2 Å². The lowest BCUT2D eigenvalue weighted by atomic mass is 9.69. The summed E-state index contributed by atoms with van der Waals surface area (Å²) >= 11 is 0. The monoisotopic (exact) mass is 452 g/mol. The second kappa shape index (κ2) is 9.46. The average molecular weight is 453 g/mol. The number of carbonyl (C=O) groups is 2. The topological polar surface area (TPSA) is 71.1 Å². The summed E-state index contributed by atoms with van der Waals surface area (Å²) in [4.78, 5) is 25.0. The molecular weight excluding hydrogens is 420 g/mol. The summed E-state index contributed by atoms with van der Waals surface area (Å²) in [6.07, 6.45) is 4.41. The predicted octanol–water partition coefficient (Wildman–Crippen LogP) is 5.39. The van der Waals surface area contributed by atoms with E-state index in [0.29, 0.717) is 23.7 Å². The smallest absolute Gasteiger partial charge is 0.315 e. The SMILES string of the molecule is CC[C@H](C)OC(=O)C1(COc2c(-c3ccc4c(c3)CCC4=O)ccc(OC)c2OC)CCC1. The highest BCUT2D eigenvalue weighted by molar-refractivity contribution is 6.01. The van der Waals surface area contributed by atoms with Gasteiger partial charge in [0.25, 0.3) is 0 Å². The average Bonchev–Trinajstić information content (AvgIpc) is 3.17. The third-order valence-electron chi connectivity index (χ3n) is 6.96. The molecular formula is C27H32O6. The van der Waals surface area contributed by atoms with Crippen LogP contribution in [0.3, 0.4) is 0 Å². The third-order valence-corrected chi connectivity index (χ3v) is 6.96. The minimum atomic E-state index is -0.640. The van der Waals surface area contributed by atoms with E-state index in [0.717, 1.165) is 54.4 Å². The molecule has 0 saturated heterocycles. The van der Waals surface area contributed by atoms with Crippen molar-refractivity contribution in [1.82, 2.24) is 0 Å². The van der Waals surface area contributed by atoms with Gasteiger partial charge in [0.1, 0.15) is 12.0 Å². The number of ketones is 1. The molecule has 4 rings (SSSR count). The largest absolute Gasteiger partial charge is 0.493 e. The standard InChI is InChI=1S/C27H32O6/c1-5-17(2)33-26(29)27(13-6-14-27)16-32-24-21(10-12-23(30-3)25(24)31-4)19-7-9-20-18(15-19)8-11-22(20)28/h7,9-10,12,15,17H,5-6,8,11,13-14,16H2,1-4H3/t17-/m0/s1. The Labute approximate surface area is 195 Å². The van der Waals surface area contributed by atoms with E-state index < -0.39 is 5.41 Å². The predicted molar refractivity (Wildman–Crippen MR) is 125 cm³/mol. The van der Waals surface area contributed by atoms with E-state index in [1.165, 1.54) is 0 Å². The molecule has 0 bridgehead atoms. The van der Waals surface area contributed by atoms with Crippen molar-refractivity contribution in [1.29, 1.82) is 0 Å². The number of hydrogen-bond donors (Lipinski definition) is 0. The van der Waals surface area contributed by atoms with Gasteiger partial charge < -0.3 is 18.9 Å². The quantitative estimate of drug-likeness (QED) is 0.475.